The molecule has 0 saturated heterocycles. The Morgan fingerprint density at radius 2 is 1.94 bits per heavy atom. The van der Waals surface area contributed by atoms with E-state index >= 15 is 0 Å². The van der Waals surface area contributed by atoms with E-state index in [4.69, 9.17) is 10.2 Å². The SMILES string of the molecule is CC(=CCO)CCC=C(C)C(=O)NCCO. The summed E-state index contributed by atoms with van der Waals surface area (Å²) in [6.07, 6.45) is 5.24. The van der Waals surface area contributed by atoms with Crippen LogP contribution in [0.15, 0.2) is 23.3 Å². The van der Waals surface area contributed by atoms with E-state index in [9.17, 15) is 4.79 Å². The summed E-state index contributed by atoms with van der Waals surface area (Å²) >= 11 is 0. The molecule has 0 rings (SSSR count). The molecule has 0 aromatic heterocycles. The van der Waals surface area contributed by atoms with Crippen LogP contribution in [0.5, 0.6) is 0 Å². The summed E-state index contributed by atoms with van der Waals surface area (Å²) in [4.78, 5) is 11.4. The van der Waals surface area contributed by atoms with Gasteiger partial charge in [-0.1, -0.05) is 17.7 Å². The normalized spacial score (nSPS) is 12.8. The molecule has 0 aliphatic heterocycles. The smallest absolute Gasteiger partial charge is 0.246 e. The molecule has 0 radical (unpaired) electrons. The lowest BCUT2D eigenvalue weighted by Crippen LogP contribution is -2.26. The number of aliphatic hydroxyl groups is 2. The number of hydrogen-bond acceptors (Lipinski definition) is 3. The Bertz CT molecular complexity index is 269. The molecule has 0 spiro atoms. The van der Waals surface area contributed by atoms with Gasteiger partial charge in [-0.3, -0.25) is 4.79 Å². The van der Waals surface area contributed by atoms with Gasteiger partial charge < -0.3 is 15.5 Å². The molecule has 16 heavy (non-hydrogen) atoms. The maximum Gasteiger partial charge on any atom is 0.246 e. The zero-order valence-electron chi connectivity index (χ0n) is 9.99. The van der Waals surface area contributed by atoms with Gasteiger partial charge >= 0.3 is 0 Å². The van der Waals surface area contributed by atoms with Gasteiger partial charge in [-0.05, 0) is 26.7 Å². The first-order valence-electron chi connectivity index (χ1n) is 5.44. The predicted molar refractivity (Wildman–Crippen MR) is 63.9 cm³/mol. The van der Waals surface area contributed by atoms with E-state index in [-0.39, 0.29) is 25.7 Å². The highest BCUT2D eigenvalue weighted by Gasteiger charge is 2.01. The minimum absolute atomic E-state index is 0.0443. The number of carbonyl (C=O) groups is 1. The molecule has 0 aliphatic carbocycles. The minimum Gasteiger partial charge on any atom is -0.395 e. The van der Waals surface area contributed by atoms with Crippen LogP contribution in [0.4, 0.5) is 0 Å². The van der Waals surface area contributed by atoms with E-state index in [0.717, 1.165) is 18.4 Å². The van der Waals surface area contributed by atoms with Crippen LogP contribution in [-0.2, 0) is 4.79 Å². The average molecular weight is 227 g/mol. The van der Waals surface area contributed by atoms with Gasteiger partial charge in [-0.2, -0.15) is 0 Å². The Morgan fingerprint density at radius 1 is 1.25 bits per heavy atom. The van der Waals surface area contributed by atoms with Crippen molar-refractivity contribution in [2.75, 3.05) is 19.8 Å². The summed E-state index contributed by atoms with van der Waals surface area (Å²) in [7, 11) is 0. The van der Waals surface area contributed by atoms with Gasteiger partial charge in [0.1, 0.15) is 0 Å². The molecule has 0 heterocycles. The Hall–Kier alpha value is -1.13. The van der Waals surface area contributed by atoms with Crippen molar-refractivity contribution in [2.24, 2.45) is 0 Å². The zero-order chi connectivity index (χ0) is 12.4. The van der Waals surface area contributed by atoms with Crippen LogP contribution in [0.1, 0.15) is 26.7 Å². The molecule has 1 amide bonds. The summed E-state index contributed by atoms with van der Waals surface area (Å²) < 4.78 is 0. The van der Waals surface area contributed by atoms with Crippen LogP contribution < -0.4 is 5.32 Å². The van der Waals surface area contributed by atoms with Crippen molar-refractivity contribution < 1.29 is 15.0 Å². The number of allylic oxidation sites excluding steroid dienone is 2. The van der Waals surface area contributed by atoms with Crippen molar-refractivity contribution in [3.05, 3.63) is 23.3 Å². The molecule has 0 aliphatic rings. The number of nitrogens with one attached hydrogen (secondary N) is 1. The molecule has 4 nitrogen and oxygen atoms in total. The lowest BCUT2D eigenvalue weighted by atomic mass is 10.1. The number of carbonyl (C=O) groups excluding carboxylic acids is 1. The van der Waals surface area contributed by atoms with E-state index in [0.29, 0.717) is 5.57 Å². The van der Waals surface area contributed by atoms with Crippen molar-refractivity contribution >= 4 is 5.91 Å². The predicted octanol–water partition coefficient (Wildman–Crippen LogP) is 0.760. The molecule has 0 saturated carbocycles. The lowest BCUT2D eigenvalue weighted by Gasteiger charge is -2.03. The Balaban J connectivity index is 3.94. The van der Waals surface area contributed by atoms with Crippen LogP contribution in [0.2, 0.25) is 0 Å². The summed E-state index contributed by atoms with van der Waals surface area (Å²) in [5.41, 5.74) is 1.77. The number of aliphatic hydroxyl groups excluding tert-OH is 2. The van der Waals surface area contributed by atoms with Crippen LogP contribution in [0, 0.1) is 0 Å². The number of rotatable bonds is 7. The van der Waals surface area contributed by atoms with Crippen molar-refractivity contribution in [1.29, 1.82) is 0 Å². The minimum atomic E-state index is -0.141. The maximum atomic E-state index is 11.4. The van der Waals surface area contributed by atoms with Crippen LogP contribution in [0.25, 0.3) is 0 Å². The van der Waals surface area contributed by atoms with Gasteiger partial charge in [0.2, 0.25) is 5.91 Å². The summed E-state index contributed by atoms with van der Waals surface area (Å²) in [6.45, 7) is 4.00. The van der Waals surface area contributed by atoms with Gasteiger partial charge in [0, 0.05) is 12.1 Å². The highest BCUT2D eigenvalue weighted by Crippen LogP contribution is 2.06. The molecule has 0 fully saturated rings. The van der Waals surface area contributed by atoms with E-state index in [1.807, 2.05) is 13.0 Å². The van der Waals surface area contributed by atoms with E-state index in [1.54, 1.807) is 13.0 Å². The summed E-state index contributed by atoms with van der Waals surface area (Å²) in [5.74, 6) is -0.141. The van der Waals surface area contributed by atoms with Gasteiger partial charge in [-0.15, -0.1) is 0 Å². The Morgan fingerprint density at radius 3 is 2.50 bits per heavy atom. The quantitative estimate of drug-likeness (QED) is 0.444. The molecule has 3 N–H and O–H groups in total. The third-order valence-corrected chi connectivity index (χ3v) is 2.18. The van der Waals surface area contributed by atoms with Gasteiger partial charge in [0.15, 0.2) is 0 Å². The summed E-state index contributed by atoms with van der Waals surface area (Å²) in [6, 6.07) is 0. The van der Waals surface area contributed by atoms with Crippen molar-refractivity contribution in [1.82, 2.24) is 5.32 Å². The molecule has 0 aromatic carbocycles. The Labute approximate surface area is 96.7 Å². The third kappa shape index (κ3) is 7.20. The standard InChI is InChI=1S/C12H21NO3/c1-10(6-8-14)4-3-5-11(2)12(16)13-7-9-15/h5-6,14-15H,3-4,7-9H2,1-2H3,(H,13,16). The van der Waals surface area contributed by atoms with E-state index in [1.165, 1.54) is 0 Å². The molecule has 92 valence electrons. The first-order chi connectivity index (χ1) is 7.61. The number of amides is 1. The van der Waals surface area contributed by atoms with Crippen LogP contribution in [-0.4, -0.2) is 35.9 Å². The zero-order valence-corrected chi connectivity index (χ0v) is 9.99. The van der Waals surface area contributed by atoms with E-state index in [2.05, 4.69) is 5.32 Å². The van der Waals surface area contributed by atoms with Crippen molar-refractivity contribution in [3.8, 4) is 0 Å². The fraction of sp³-hybridized carbons (Fsp3) is 0.583. The third-order valence-electron chi connectivity index (χ3n) is 2.18. The fourth-order valence-electron chi connectivity index (χ4n) is 1.18. The number of hydrogen-bond donors (Lipinski definition) is 3. The van der Waals surface area contributed by atoms with Gasteiger partial charge in [-0.25, -0.2) is 0 Å². The van der Waals surface area contributed by atoms with Gasteiger partial charge in [0.25, 0.3) is 0 Å². The highest BCUT2D eigenvalue weighted by atomic mass is 16.3. The molecule has 0 bridgehead atoms. The van der Waals surface area contributed by atoms with Crippen LogP contribution >= 0.6 is 0 Å². The molecular weight excluding hydrogens is 206 g/mol. The maximum absolute atomic E-state index is 11.4. The monoisotopic (exact) mass is 227 g/mol. The lowest BCUT2D eigenvalue weighted by molar-refractivity contribution is -0.117. The molecule has 0 aromatic rings. The second kappa shape index (κ2) is 9.12. The average Bonchev–Trinajstić information content (AvgIpc) is 2.26. The van der Waals surface area contributed by atoms with E-state index < -0.39 is 0 Å². The van der Waals surface area contributed by atoms with Crippen molar-refractivity contribution in [2.45, 2.75) is 26.7 Å². The summed E-state index contributed by atoms with van der Waals surface area (Å²) in [5, 5.41) is 19.8. The topological polar surface area (TPSA) is 69.6 Å². The second-order valence-corrected chi connectivity index (χ2v) is 3.64. The molecule has 0 atom stereocenters. The van der Waals surface area contributed by atoms with Crippen molar-refractivity contribution in [3.63, 3.8) is 0 Å². The molecule has 4 heteroatoms. The largest absolute Gasteiger partial charge is 0.395 e. The Kier molecular flexibility index (Phi) is 8.48. The molecular formula is C12H21NO3. The first-order valence-corrected chi connectivity index (χ1v) is 5.44. The first kappa shape index (κ1) is 14.9. The molecule has 0 unspecified atom stereocenters. The second-order valence-electron chi connectivity index (χ2n) is 3.64. The van der Waals surface area contributed by atoms with Crippen LogP contribution in [0.3, 0.4) is 0 Å². The fourth-order valence-corrected chi connectivity index (χ4v) is 1.18. The highest BCUT2D eigenvalue weighted by molar-refractivity contribution is 5.92. The van der Waals surface area contributed by atoms with Gasteiger partial charge in [0.05, 0.1) is 13.2 Å².